The number of hydrogen-bond acceptors (Lipinski definition) is 6. The Morgan fingerprint density at radius 2 is 1.93 bits per heavy atom. The number of amides is 1. The Morgan fingerprint density at radius 1 is 1.17 bits per heavy atom. The third kappa shape index (κ3) is 3.85. The van der Waals surface area contributed by atoms with Crippen molar-refractivity contribution < 1.29 is 18.3 Å². The number of halogens is 2. The first-order valence-corrected chi connectivity index (χ1v) is 8.86. The highest BCUT2D eigenvalue weighted by Gasteiger charge is 2.22. The first kappa shape index (κ1) is 18.8. The van der Waals surface area contributed by atoms with Gasteiger partial charge in [-0.05, 0) is 24.3 Å². The average molecular weight is 397 g/mol. The summed E-state index contributed by atoms with van der Waals surface area (Å²) in [5, 5.41) is 5.74. The van der Waals surface area contributed by atoms with E-state index in [1.165, 1.54) is 24.4 Å². The van der Waals surface area contributed by atoms with Crippen molar-refractivity contribution in [2.24, 2.45) is 0 Å². The molecular weight excluding hydrogens is 380 g/mol. The molecule has 1 aliphatic heterocycles. The molecule has 1 fully saturated rings. The van der Waals surface area contributed by atoms with Crippen molar-refractivity contribution in [1.29, 1.82) is 0 Å². The van der Waals surface area contributed by atoms with Crippen LogP contribution in [0.2, 0.25) is 0 Å². The van der Waals surface area contributed by atoms with Crippen LogP contribution in [0.15, 0.2) is 48.8 Å². The number of ether oxygens (including phenoxy) is 1. The average Bonchev–Trinajstić information content (AvgIpc) is 2.67. The highest BCUT2D eigenvalue weighted by molar-refractivity contribution is 6.07. The molecule has 1 aliphatic rings. The molecule has 2 aromatic heterocycles. The minimum atomic E-state index is -0.786. The molecule has 0 bridgehead atoms. The van der Waals surface area contributed by atoms with Gasteiger partial charge in [0.25, 0.3) is 5.91 Å². The van der Waals surface area contributed by atoms with Crippen LogP contribution in [0, 0.1) is 11.6 Å². The molecule has 9 heteroatoms. The Balaban J connectivity index is 1.63. The molecule has 0 aliphatic carbocycles. The van der Waals surface area contributed by atoms with Crippen molar-refractivity contribution in [3.05, 3.63) is 66.1 Å². The summed E-state index contributed by atoms with van der Waals surface area (Å²) in [6.45, 7) is 1.42. The lowest BCUT2D eigenvalue weighted by Gasteiger charge is -2.28. The molecule has 0 radical (unpaired) electrons. The molecule has 4 N–H and O–H groups in total. The molecule has 4 rings (SSSR count). The van der Waals surface area contributed by atoms with Gasteiger partial charge in [-0.1, -0.05) is 6.07 Å². The zero-order valence-corrected chi connectivity index (χ0v) is 15.2. The van der Waals surface area contributed by atoms with E-state index in [0.717, 1.165) is 12.1 Å². The molecule has 0 saturated carbocycles. The highest BCUT2D eigenvalue weighted by Crippen LogP contribution is 2.28. The quantitative estimate of drug-likeness (QED) is 0.612. The number of hydrogen-bond donors (Lipinski definition) is 3. The van der Waals surface area contributed by atoms with Crippen LogP contribution in [-0.2, 0) is 0 Å². The number of nitrogens with zero attached hydrogens (tertiary/aromatic N) is 2. The second kappa shape index (κ2) is 7.80. The Morgan fingerprint density at radius 3 is 2.62 bits per heavy atom. The minimum absolute atomic E-state index is 0.00334. The monoisotopic (exact) mass is 397 g/mol. The van der Waals surface area contributed by atoms with Gasteiger partial charge in [-0.25, -0.2) is 13.8 Å². The Kier molecular flexibility index (Phi) is 5.05. The molecule has 1 amide bonds. The van der Waals surface area contributed by atoms with Crippen molar-refractivity contribution >= 4 is 17.3 Å². The summed E-state index contributed by atoms with van der Waals surface area (Å²) < 4.78 is 34.0. The molecule has 0 unspecified atom stereocenters. The SMILES string of the molecule is Nc1ccc(-c2c(F)cccc2F)nc1C(=O)Nc1cnccc1OC1CNC1. The van der Waals surface area contributed by atoms with Crippen molar-refractivity contribution in [2.45, 2.75) is 6.10 Å². The van der Waals surface area contributed by atoms with E-state index in [0.29, 0.717) is 24.5 Å². The maximum atomic E-state index is 14.1. The van der Waals surface area contributed by atoms with Crippen molar-refractivity contribution in [3.63, 3.8) is 0 Å². The van der Waals surface area contributed by atoms with Crippen LogP contribution in [0.25, 0.3) is 11.3 Å². The van der Waals surface area contributed by atoms with Gasteiger partial charge in [0.1, 0.15) is 29.2 Å². The van der Waals surface area contributed by atoms with E-state index in [4.69, 9.17) is 10.5 Å². The highest BCUT2D eigenvalue weighted by atomic mass is 19.1. The Labute approximate surface area is 164 Å². The number of nitrogen functional groups attached to an aromatic ring is 1. The van der Waals surface area contributed by atoms with Crippen molar-refractivity contribution in [2.75, 3.05) is 24.1 Å². The molecule has 1 aromatic carbocycles. The third-order valence-corrected chi connectivity index (χ3v) is 4.43. The number of nitrogens with two attached hydrogens (primary N) is 1. The second-order valence-electron chi connectivity index (χ2n) is 6.46. The molecule has 7 nitrogen and oxygen atoms in total. The lowest BCUT2D eigenvalue weighted by atomic mass is 10.1. The van der Waals surface area contributed by atoms with Crippen molar-refractivity contribution in [3.8, 4) is 17.0 Å². The minimum Gasteiger partial charge on any atom is -0.485 e. The van der Waals surface area contributed by atoms with Crippen LogP contribution in [0.3, 0.4) is 0 Å². The van der Waals surface area contributed by atoms with Crippen LogP contribution < -0.4 is 21.1 Å². The number of pyridine rings is 2. The van der Waals surface area contributed by atoms with E-state index in [-0.39, 0.29) is 28.7 Å². The van der Waals surface area contributed by atoms with Gasteiger partial charge in [0.15, 0.2) is 5.69 Å². The number of carbonyl (C=O) groups excluding carboxylic acids is 1. The summed E-state index contributed by atoms with van der Waals surface area (Å²) in [5.41, 5.74) is 5.76. The molecule has 3 aromatic rings. The lowest BCUT2D eigenvalue weighted by molar-refractivity contribution is 0.102. The van der Waals surface area contributed by atoms with Gasteiger partial charge < -0.3 is 21.1 Å². The number of anilines is 2. The topological polar surface area (TPSA) is 102 Å². The van der Waals surface area contributed by atoms with Crippen LogP contribution in [0.1, 0.15) is 10.5 Å². The summed E-state index contributed by atoms with van der Waals surface area (Å²) in [5.74, 6) is -1.77. The normalized spacial score (nSPS) is 13.6. The number of benzene rings is 1. The van der Waals surface area contributed by atoms with E-state index in [9.17, 15) is 13.6 Å². The van der Waals surface area contributed by atoms with Gasteiger partial charge in [-0.3, -0.25) is 9.78 Å². The Bertz CT molecular complexity index is 1050. The standard InChI is InChI=1S/C20H17F2N5O2/c21-12-2-1-3-13(22)18(12)15-5-4-14(23)19(26-15)20(28)27-16-10-24-7-6-17(16)29-11-8-25-9-11/h1-7,10-11,25H,8-9,23H2,(H,27,28). The zero-order chi connectivity index (χ0) is 20.4. The summed E-state index contributed by atoms with van der Waals surface area (Å²) in [7, 11) is 0. The summed E-state index contributed by atoms with van der Waals surface area (Å²) in [6.07, 6.45) is 2.99. The van der Waals surface area contributed by atoms with Gasteiger partial charge in [0.05, 0.1) is 23.1 Å². The van der Waals surface area contributed by atoms with Crippen LogP contribution in [0.4, 0.5) is 20.2 Å². The molecular formula is C20H17F2N5O2. The largest absolute Gasteiger partial charge is 0.485 e. The van der Waals surface area contributed by atoms with Crippen LogP contribution >= 0.6 is 0 Å². The van der Waals surface area contributed by atoms with Gasteiger partial charge in [-0.15, -0.1) is 0 Å². The number of carbonyl (C=O) groups is 1. The summed E-state index contributed by atoms with van der Waals surface area (Å²) >= 11 is 0. The first-order chi connectivity index (χ1) is 14.0. The fraction of sp³-hybridized carbons (Fsp3) is 0.150. The maximum Gasteiger partial charge on any atom is 0.276 e. The van der Waals surface area contributed by atoms with Gasteiger partial charge >= 0.3 is 0 Å². The van der Waals surface area contributed by atoms with E-state index in [1.807, 2.05) is 0 Å². The second-order valence-corrected chi connectivity index (χ2v) is 6.46. The van der Waals surface area contributed by atoms with E-state index < -0.39 is 17.5 Å². The van der Waals surface area contributed by atoms with Gasteiger partial charge in [-0.2, -0.15) is 0 Å². The van der Waals surface area contributed by atoms with Crippen LogP contribution in [-0.4, -0.2) is 35.1 Å². The van der Waals surface area contributed by atoms with Crippen LogP contribution in [0.5, 0.6) is 5.75 Å². The number of aromatic nitrogens is 2. The molecule has 148 valence electrons. The van der Waals surface area contributed by atoms with E-state index in [1.54, 1.807) is 12.3 Å². The first-order valence-electron chi connectivity index (χ1n) is 8.86. The van der Waals surface area contributed by atoms with Crippen molar-refractivity contribution in [1.82, 2.24) is 15.3 Å². The molecule has 0 atom stereocenters. The third-order valence-electron chi connectivity index (χ3n) is 4.43. The van der Waals surface area contributed by atoms with Gasteiger partial charge in [0.2, 0.25) is 0 Å². The summed E-state index contributed by atoms with van der Waals surface area (Å²) in [4.78, 5) is 20.9. The molecule has 1 saturated heterocycles. The van der Waals surface area contributed by atoms with E-state index >= 15 is 0 Å². The smallest absolute Gasteiger partial charge is 0.276 e. The van der Waals surface area contributed by atoms with Gasteiger partial charge in [0, 0.05) is 25.4 Å². The van der Waals surface area contributed by atoms with E-state index in [2.05, 4.69) is 20.6 Å². The molecule has 0 spiro atoms. The number of nitrogens with one attached hydrogen (secondary N) is 2. The zero-order valence-electron chi connectivity index (χ0n) is 15.2. The summed E-state index contributed by atoms with van der Waals surface area (Å²) in [6, 6.07) is 7.85. The fourth-order valence-corrected chi connectivity index (χ4v) is 2.82. The predicted molar refractivity (Wildman–Crippen MR) is 103 cm³/mol. The molecule has 3 heterocycles. The Hall–Kier alpha value is -3.59. The predicted octanol–water partition coefficient (Wildman–Crippen LogP) is 2.61. The molecule has 29 heavy (non-hydrogen) atoms. The fourth-order valence-electron chi connectivity index (χ4n) is 2.82. The number of rotatable bonds is 5. The lowest BCUT2D eigenvalue weighted by Crippen LogP contribution is -2.50. The maximum absolute atomic E-state index is 14.1.